The summed E-state index contributed by atoms with van der Waals surface area (Å²) in [5, 5.41) is 12.2. The van der Waals surface area contributed by atoms with Gasteiger partial charge in [0.05, 0.1) is 0 Å². The Kier molecular flexibility index (Phi) is 4.56. The highest BCUT2D eigenvalue weighted by molar-refractivity contribution is 5.92. The van der Waals surface area contributed by atoms with E-state index in [-0.39, 0.29) is 5.56 Å². The summed E-state index contributed by atoms with van der Waals surface area (Å²) in [6.45, 7) is 0.807. The molecule has 2 rings (SSSR count). The summed E-state index contributed by atoms with van der Waals surface area (Å²) in [7, 11) is 0. The van der Waals surface area contributed by atoms with Crippen molar-refractivity contribution in [3.05, 3.63) is 23.9 Å². The second-order valence-corrected chi connectivity index (χ2v) is 4.92. The quantitative estimate of drug-likeness (QED) is 0.840. The molecule has 0 amide bonds. The van der Waals surface area contributed by atoms with Crippen LogP contribution in [-0.4, -0.2) is 22.6 Å². The van der Waals surface area contributed by atoms with Gasteiger partial charge in [0.2, 0.25) is 0 Å². The van der Waals surface area contributed by atoms with E-state index >= 15 is 0 Å². The Morgan fingerprint density at radius 3 is 2.89 bits per heavy atom. The standard InChI is InChI=1S/C14H20N2O2/c17-14(18)12-7-4-9-15-13(12)16-10-8-11-5-2-1-3-6-11/h4,7,9,11H,1-3,5-6,8,10H2,(H,15,16)(H,17,18). The van der Waals surface area contributed by atoms with Gasteiger partial charge in [-0.1, -0.05) is 32.1 Å². The van der Waals surface area contributed by atoms with Crippen LogP contribution in [-0.2, 0) is 0 Å². The number of anilines is 1. The Balaban J connectivity index is 1.84. The van der Waals surface area contributed by atoms with Gasteiger partial charge in [-0.2, -0.15) is 0 Å². The van der Waals surface area contributed by atoms with E-state index in [0.717, 1.165) is 18.9 Å². The number of aromatic nitrogens is 1. The first-order valence-electron chi connectivity index (χ1n) is 6.69. The van der Waals surface area contributed by atoms with Gasteiger partial charge in [-0.05, 0) is 24.5 Å². The lowest BCUT2D eigenvalue weighted by molar-refractivity contribution is 0.0697. The van der Waals surface area contributed by atoms with E-state index in [4.69, 9.17) is 5.11 Å². The van der Waals surface area contributed by atoms with Crippen molar-refractivity contribution in [1.29, 1.82) is 0 Å². The molecule has 4 nitrogen and oxygen atoms in total. The first-order valence-corrected chi connectivity index (χ1v) is 6.69. The Bertz CT molecular complexity index is 401. The van der Waals surface area contributed by atoms with Crippen LogP contribution in [0.3, 0.4) is 0 Å². The van der Waals surface area contributed by atoms with Crippen LogP contribution < -0.4 is 5.32 Å². The maximum Gasteiger partial charge on any atom is 0.339 e. The lowest BCUT2D eigenvalue weighted by Crippen LogP contribution is -2.14. The van der Waals surface area contributed by atoms with E-state index in [0.29, 0.717) is 5.82 Å². The first-order chi connectivity index (χ1) is 8.77. The maximum atomic E-state index is 11.0. The van der Waals surface area contributed by atoms with Gasteiger partial charge < -0.3 is 10.4 Å². The highest BCUT2D eigenvalue weighted by atomic mass is 16.4. The second kappa shape index (κ2) is 6.38. The average molecular weight is 248 g/mol. The third-order valence-corrected chi connectivity index (χ3v) is 3.61. The SMILES string of the molecule is O=C(O)c1cccnc1NCCC1CCCCC1. The van der Waals surface area contributed by atoms with Crippen molar-refractivity contribution >= 4 is 11.8 Å². The minimum Gasteiger partial charge on any atom is -0.478 e. The molecule has 0 radical (unpaired) electrons. The van der Waals surface area contributed by atoms with Crippen molar-refractivity contribution in [3.63, 3.8) is 0 Å². The molecule has 1 aliphatic carbocycles. The van der Waals surface area contributed by atoms with Crippen LogP contribution in [0.2, 0.25) is 0 Å². The van der Waals surface area contributed by atoms with Crippen LogP contribution in [0.1, 0.15) is 48.9 Å². The summed E-state index contributed by atoms with van der Waals surface area (Å²) in [5.74, 6) is 0.354. The number of aromatic carboxylic acids is 1. The molecule has 4 heteroatoms. The molecular weight excluding hydrogens is 228 g/mol. The molecule has 0 bridgehead atoms. The van der Waals surface area contributed by atoms with Crippen LogP contribution in [0.4, 0.5) is 5.82 Å². The lowest BCUT2D eigenvalue weighted by atomic mass is 9.87. The van der Waals surface area contributed by atoms with Gasteiger partial charge in [-0.3, -0.25) is 0 Å². The van der Waals surface area contributed by atoms with Crippen LogP contribution in [0.25, 0.3) is 0 Å². The molecule has 1 fully saturated rings. The van der Waals surface area contributed by atoms with Crippen molar-refractivity contribution in [2.24, 2.45) is 5.92 Å². The van der Waals surface area contributed by atoms with E-state index in [2.05, 4.69) is 10.3 Å². The summed E-state index contributed by atoms with van der Waals surface area (Å²) in [6.07, 6.45) is 9.41. The van der Waals surface area contributed by atoms with E-state index in [1.165, 1.54) is 32.1 Å². The lowest BCUT2D eigenvalue weighted by Gasteiger charge is -2.21. The Hall–Kier alpha value is -1.58. The van der Waals surface area contributed by atoms with Crippen LogP contribution in [0.5, 0.6) is 0 Å². The molecular formula is C14H20N2O2. The Morgan fingerprint density at radius 1 is 1.39 bits per heavy atom. The molecule has 1 heterocycles. The van der Waals surface area contributed by atoms with E-state index in [1.54, 1.807) is 18.3 Å². The molecule has 1 aromatic heterocycles. The number of hydrogen-bond acceptors (Lipinski definition) is 3. The number of nitrogens with one attached hydrogen (secondary N) is 1. The van der Waals surface area contributed by atoms with Gasteiger partial charge >= 0.3 is 5.97 Å². The zero-order valence-electron chi connectivity index (χ0n) is 10.6. The molecule has 1 aromatic rings. The topological polar surface area (TPSA) is 62.2 Å². The fourth-order valence-electron chi connectivity index (χ4n) is 2.59. The first kappa shape index (κ1) is 12.9. The molecule has 0 aromatic carbocycles. The number of hydrogen-bond donors (Lipinski definition) is 2. The average Bonchev–Trinajstić information content (AvgIpc) is 2.40. The molecule has 18 heavy (non-hydrogen) atoms. The maximum absolute atomic E-state index is 11.0. The normalized spacial score (nSPS) is 16.4. The van der Waals surface area contributed by atoms with Gasteiger partial charge in [0, 0.05) is 12.7 Å². The van der Waals surface area contributed by atoms with Gasteiger partial charge in [-0.25, -0.2) is 9.78 Å². The van der Waals surface area contributed by atoms with Crippen LogP contribution in [0.15, 0.2) is 18.3 Å². The summed E-state index contributed by atoms with van der Waals surface area (Å²) < 4.78 is 0. The summed E-state index contributed by atoms with van der Waals surface area (Å²) >= 11 is 0. The Morgan fingerprint density at radius 2 is 2.17 bits per heavy atom. The smallest absolute Gasteiger partial charge is 0.339 e. The van der Waals surface area contributed by atoms with Gasteiger partial charge in [0.1, 0.15) is 11.4 Å². The highest BCUT2D eigenvalue weighted by Crippen LogP contribution is 2.26. The zero-order valence-corrected chi connectivity index (χ0v) is 10.6. The molecule has 0 unspecified atom stereocenters. The minimum atomic E-state index is -0.928. The van der Waals surface area contributed by atoms with Crippen LogP contribution >= 0.6 is 0 Å². The number of rotatable bonds is 5. The summed E-state index contributed by atoms with van der Waals surface area (Å²) in [4.78, 5) is 15.1. The van der Waals surface area contributed by atoms with Gasteiger partial charge in [-0.15, -0.1) is 0 Å². The van der Waals surface area contributed by atoms with Crippen molar-refractivity contribution in [2.45, 2.75) is 38.5 Å². The van der Waals surface area contributed by atoms with Crippen molar-refractivity contribution in [2.75, 3.05) is 11.9 Å². The van der Waals surface area contributed by atoms with Crippen molar-refractivity contribution < 1.29 is 9.90 Å². The fourth-order valence-corrected chi connectivity index (χ4v) is 2.59. The van der Waals surface area contributed by atoms with Gasteiger partial charge in [0.25, 0.3) is 0 Å². The molecule has 1 saturated carbocycles. The minimum absolute atomic E-state index is 0.251. The van der Waals surface area contributed by atoms with E-state index in [1.807, 2.05) is 0 Å². The van der Waals surface area contributed by atoms with Gasteiger partial charge in [0.15, 0.2) is 0 Å². The monoisotopic (exact) mass is 248 g/mol. The predicted molar refractivity (Wildman–Crippen MR) is 70.9 cm³/mol. The molecule has 0 saturated heterocycles. The summed E-state index contributed by atoms with van der Waals surface area (Å²) in [6, 6.07) is 3.23. The number of carboxylic acid groups (broad SMARTS) is 1. The molecule has 0 aliphatic heterocycles. The number of nitrogens with zero attached hydrogens (tertiary/aromatic N) is 1. The Labute approximate surface area is 107 Å². The molecule has 1 aliphatic rings. The molecule has 0 spiro atoms. The molecule has 2 N–H and O–H groups in total. The molecule has 0 atom stereocenters. The third kappa shape index (κ3) is 3.45. The largest absolute Gasteiger partial charge is 0.478 e. The molecule has 98 valence electrons. The third-order valence-electron chi connectivity index (χ3n) is 3.61. The van der Waals surface area contributed by atoms with Crippen molar-refractivity contribution in [3.8, 4) is 0 Å². The fraction of sp³-hybridized carbons (Fsp3) is 0.571. The van der Waals surface area contributed by atoms with E-state index < -0.39 is 5.97 Å². The van der Waals surface area contributed by atoms with E-state index in [9.17, 15) is 4.79 Å². The van der Waals surface area contributed by atoms with Crippen molar-refractivity contribution in [1.82, 2.24) is 4.98 Å². The zero-order chi connectivity index (χ0) is 12.8. The summed E-state index contributed by atoms with van der Waals surface area (Å²) in [5.41, 5.74) is 0.251. The number of carbonyl (C=O) groups is 1. The second-order valence-electron chi connectivity index (χ2n) is 4.92. The highest BCUT2D eigenvalue weighted by Gasteiger charge is 2.14. The number of carboxylic acids is 1. The number of pyridine rings is 1. The van der Waals surface area contributed by atoms with Crippen LogP contribution in [0, 0.1) is 5.92 Å². The predicted octanol–water partition coefficient (Wildman–Crippen LogP) is 3.16.